The van der Waals surface area contributed by atoms with Crippen LogP contribution in [0.25, 0.3) is 10.9 Å². The molecule has 0 bridgehead atoms. The third kappa shape index (κ3) is 2.37. The summed E-state index contributed by atoms with van der Waals surface area (Å²) < 4.78 is 12.7. The average molecular weight is 260 g/mol. The Balaban J connectivity index is 1.96. The highest BCUT2D eigenvalue weighted by Crippen LogP contribution is 2.27. The Hall–Kier alpha value is -1.78. The van der Waals surface area contributed by atoms with Crippen molar-refractivity contribution in [3.05, 3.63) is 24.3 Å². The molecule has 0 N–H and O–H groups in total. The number of pyridine rings is 1. The van der Waals surface area contributed by atoms with Crippen LogP contribution in [0.15, 0.2) is 18.5 Å². The third-order valence-corrected chi connectivity index (χ3v) is 3.72. The van der Waals surface area contributed by atoms with Crippen molar-refractivity contribution < 1.29 is 4.39 Å². The lowest BCUT2D eigenvalue weighted by Gasteiger charge is -2.32. The molecule has 1 aliphatic heterocycles. The van der Waals surface area contributed by atoms with Crippen LogP contribution in [0.2, 0.25) is 0 Å². The van der Waals surface area contributed by atoms with Gasteiger partial charge in [0.15, 0.2) is 0 Å². The molecular formula is C14H17FN4. The van der Waals surface area contributed by atoms with Crippen molar-refractivity contribution in [1.82, 2.24) is 15.0 Å². The lowest BCUT2D eigenvalue weighted by atomic mass is 9.98. The number of fused-ring (bicyclic) bond motifs is 1. The molecule has 2 aromatic heterocycles. The van der Waals surface area contributed by atoms with Gasteiger partial charge in [0.25, 0.3) is 0 Å². The zero-order valence-corrected chi connectivity index (χ0v) is 11.0. The van der Waals surface area contributed by atoms with E-state index in [4.69, 9.17) is 0 Å². The molecule has 1 fully saturated rings. The first-order valence-electron chi connectivity index (χ1n) is 6.67. The summed E-state index contributed by atoms with van der Waals surface area (Å²) in [7, 11) is 0. The number of piperidine rings is 1. The van der Waals surface area contributed by atoms with Gasteiger partial charge in [-0.2, -0.15) is 0 Å². The van der Waals surface area contributed by atoms with Crippen LogP contribution in [0, 0.1) is 12.8 Å². The molecule has 2 aromatic rings. The van der Waals surface area contributed by atoms with Crippen LogP contribution in [0.1, 0.15) is 18.7 Å². The molecule has 5 heteroatoms. The zero-order chi connectivity index (χ0) is 13.2. The first-order chi connectivity index (χ1) is 9.28. The lowest BCUT2D eigenvalue weighted by Crippen LogP contribution is -2.35. The van der Waals surface area contributed by atoms with E-state index in [9.17, 15) is 4.39 Å². The van der Waals surface area contributed by atoms with Crippen LogP contribution in [0.4, 0.5) is 10.2 Å². The summed E-state index contributed by atoms with van der Waals surface area (Å²) in [5.74, 6) is 1.93. The second-order valence-electron chi connectivity index (χ2n) is 5.07. The Morgan fingerprint density at radius 2 is 2.11 bits per heavy atom. The first kappa shape index (κ1) is 12.3. The molecule has 0 unspecified atom stereocenters. The Bertz CT molecular complexity index is 579. The standard InChI is InChI=1S/C14H17FN4/c1-10-17-13-9-16-5-2-12(13)14(18-10)19-6-3-11(8-15)4-7-19/h2,5,9,11H,3-4,6-8H2,1H3. The first-order valence-corrected chi connectivity index (χ1v) is 6.67. The molecule has 0 saturated carbocycles. The molecule has 0 radical (unpaired) electrons. The smallest absolute Gasteiger partial charge is 0.140 e. The zero-order valence-electron chi connectivity index (χ0n) is 11.0. The van der Waals surface area contributed by atoms with Gasteiger partial charge in [0.05, 0.1) is 18.4 Å². The highest BCUT2D eigenvalue weighted by molar-refractivity contribution is 5.88. The van der Waals surface area contributed by atoms with Gasteiger partial charge in [-0.05, 0) is 31.7 Å². The fraction of sp³-hybridized carbons (Fsp3) is 0.500. The predicted octanol–water partition coefficient (Wildman–Crippen LogP) is 2.52. The van der Waals surface area contributed by atoms with Crippen LogP contribution in [0.5, 0.6) is 0 Å². The lowest BCUT2D eigenvalue weighted by molar-refractivity contribution is 0.307. The van der Waals surface area contributed by atoms with Crippen molar-refractivity contribution in [3.8, 4) is 0 Å². The highest BCUT2D eigenvalue weighted by atomic mass is 19.1. The van der Waals surface area contributed by atoms with Crippen LogP contribution >= 0.6 is 0 Å². The van der Waals surface area contributed by atoms with Gasteiger partial charge < -0.3 is 4.90 Å². The number of halogens is 1. The average Bonchev–Trinajstić information content (AvgIpc) is 2.46. The molecule has 3 heterocycles. The van der Waals surface area contributed by atoms with Gasteiger partial charge in [0.2, 0.25) is 0 Å². The summed E-state index contributed by atoms with van der Waals surface area (Å²) in [6.07, 6.45) is 5.32. The summed E-state index contributed by atoms with van der Waals surface area (Å²) in [6, 6.07) is 1.95. The molecule has 0 amide bonds. The van der Waals surface area contributed by atoms with Crippen molar-refractivity contribution in [3.63, 3.8) is 0 Å². The summed E-state index contributed by atoms with van der Waals surface area (Å²) in [5.41, 5.74) is 0.873. The topological polar surface area (TPSA) is 41.9 Å². The van der Waals surface area contributed by atoms with E-state index in [1.807, 2.05) is 13.0 Å². The van der Waals surface area contributed by atoms with Crippen molar-refractivity contribution >= 4 is 16.7 Å². The number of hydrogen-bond acceptors (Lipinski definition) is 4. The quantitative estimate of drug-likeness (QED) is 0.832. The second kappa shape index (κ2) is 5.07. The molecule has 3 rings (SSSR count). The maximum atomic E-state index is 12.7. The maximum Gasteiger partial charge on any atom is 0.140 e. The van der Waals surface area contributed by atoms with E-state index < -0.39 is 0 Å². The molecule has 1 saturated heterocycles. The molecule has 100 valence electrons. The second-order valence-corrected chi connectivity index (χ2v) is 5.07. The van der Waals surface area contributed by atoms with Gasteiger partial charge in [-0.1, -0.05) is 0 Å². The molecule has 0 spiro atoms. The Morgan fingerprint density at radius 3 is 2.84 bits per heavy atom. The molecule has 1 aliphatic rings. The van der Waals surface area contributed by atoms with Crippen molar-refractivity contribution in [2.45, 2.75) is 19.8 Å². The number of rotatable bonds is 2. The predicted molar refractivity (Wildman–Crippen MR) is 73.0 cm³/mol. The molecule has 19 heavy (non-hydrogen) atoms. The van der Waals surface area contributed by atoms with E-state index in [1.54, 1.807) is 12.4 Å². The largest absolute Gasteiger partial charge is 0.356 e. The molecule has 0 atom stereocenters. The van der Waals surface area contributed by atoms with Gasteiger partial charge in [0.1, 0.15) is 11.6 Å². The normalized spacial score (nSPS) is 17.1. The fourth-order valence-electron chi connectivity index (χ4n) is 2.62. The summed E-state index contributed by atoms with van der Waals surface area (Å²) in [4.78, 5) is 15.3. The minimum absolute atomic E-state index is 0.207. The maximum absolute atomic E-state index is 12.7. The Labute approximate surface area is 111 Å². The van der Waals surface area contributed by atoms with Gasteiger partial charge in [0, 0.05) is 24.7 Å². The van der Waals surface area contributed by atoms with E-state index in [0.717, 1.165) is 48.5 Å². The Kier molecular flexibility index (Phi) is 3.27. The summed E-state index contributed by atoms with van der Waals surface area (Å²) >= 11 is 0. The van der Waals surface area contributed by atoms with Crippen molar-refractivity contribution in [1.29, 1.82) is 0 Å². The monoisotopic (exact) mass is 260 g/mol. The highest BCUT2D eigenvalue weighted by Gasteiger charge is 2.21. The number of hydrogen-bond donors (Lipinski definition) is 0. The van der Waals surface area contributed by atoms with Crippen LogP contribution < -0.4 is 4.90 Å². The molecule has 4 nitrogen and oxygen atoms in total. The number of nitrogens with zero attached hydrogens (tertiary/aromatic N) is 4. The van der Waals surface area contributed by atoms with Crippen molar-refractivity contribution in [2.24, 2.45) is 5.92 Å². The number of aromatic nitrogens is 3. The van der Waals surface area contributed by atoms with Crippen molar-refractivity contribution in [2.75, 3.05) is 24.7 Å². The summed E-state index contributed by atoms with van der Waals surface area (Å²) in [5, 5.41) is 1.03. The van der Waals surface area contributed by atoms with Gasteiger partial charge >= 0.3 is 0 Å². The van der Waals surface area contributed by atoms with E-state index in [-0.39, 0.29) is 12.6 Å². The van der Waals surface area contributed by atoms with E-state index in [0.29, 0.717) is 0 Å². The van der Waals surface area contributed by atoms with Gasteiger partial charge in [-0.3, -0.25) is 9.37 Å². The van der Waals surface area contributed by atoms with E-state index >= 15 is 0 Å². The van der Waals surface area contributed by atoms with E-state index in [2.05, 4.69) is 19.9 Å². The van der Waals surface area contributed by atoms with Crippen LogP contribution in [-0.4, -0.2) is 34.7 Å². The molecular weight excluding hydrogens is 243 g/mol. The fourth-order valence-corrected chi connectivity index (χ4v) is 2.62. The molecule has 0 aliphatic carbocycles. The number of anilines is 1. The number of alkyl halides is 1. The number of aryl methyl sites for hydroxylation is 1. The van der Waals surface area contributed by atoms with E-state index in [1.165, 1.54) is 0 Å². The Morgan fingerprint density at radius 1 is 1.32 bits per heavy atom. The SMILES string of the molecule is Cc1nc(N2CCC(CF)CC2)c2ccncc2n1. The minimum Gasteiger partial charge on any atom is -0.356 e. The summed E-state index contributed by atoms with van der Waals surface area (Å²) in [6.45, 7) is 3.41. The van der Waals surface area contributed by atoms with Crippen LogP contribution in [0.3, 0.4) is 0 Å². The molecule has 0 aromatic carbocycles. The van der Waals surface area contributed by atoms with Gasteiger partial charge in [-0.15, -0.1) is 0 Å². The van der Waals surface area contributed by atoms with Gasteiger partial charge in [-0.25, -0.2) is 9.97 Å². The van der Waals surface area contributed by atoms with Crippen LogP contribution in [-0.2, 0) is 0 Å². The third-order valence-electron chi connectivity index (χ3n) is 3.72. The minimum atomic E-state index is -0.207.